The molecule has 0 aliphatic rings. The molecule has 27 heavy (non-hydrogen) atoms. The Bertz CT molecular complexity index is 1100. The van der Waals surface area contributed by atoms with Gasteiger partial charge in [-0.2, -0.15) is 5.10 Å². The lowest BCUT2D eigenvalue weighted by Crippen LogP contribution is -2.08. The van der Waals surface area contributed by atoms with E-state index in [9.17, 15) is 4.79 Å². The highest BCUT2D eigenvalue weighted by Gasteiger charge is 2.20. The Labute approximate surface area is 155 Å². The SMILES string of the molecule is COc1cn(-c2ccccc2)nc1C(=O)OCc1cn2cccc(C)c2n1. The van der Waals surface area contributed by atoms with Crippen molar-refractivity contribution in [1.82, 2.24) is 19.2 Å². The lowest BCUT2D eigenvalue weighted by Gasteiger charge is -2.02. The van der Waals surface area contributed by atoms with E-state index >= 15 is 0 Å². The highest BCUT2D eigenvalue weighted by molar-refractivity contribution is 5.90. The van der Waals surface area contributed by atoms with Gasteiger partial charge in [0.1, 0.15) is 12.3 Å². The molecule has 0 aliphatic carbocycles. The first kappa shape index (κ1) is 16.8. The van der Waals surface area contributed by atoms with Crippen molar-refractivity contribution in [3.8, 4) is 11.4 Å². The summed E-state index contributed by atoms with van der Waals surface area (Å²) >= 11 is 0. The van der Waals surface area contributed by atoms with E-state index in [0.29, 0.717) is 11.4 Å². The summed E-state index contributed by atoms with van der Waals surface area (Å²) in [5.41, 5.74) is 3.51. The van der Waals surface area contributed by atoms with Crippen molar-refractivity contribution < 1.29 is 14.3 Å². The summed E-state index contributed by atoms with van der Waals surface area (Å²) < 4.78 is 14.2. The Morgan fingerprint density at radius 3 is 2.67 bits per heavy atom. The fourth-order valence-corrected chi connectivity index (χ4v) is 2.84. The van der Waals surface area contributed by atoms with Gasteiger partial charge in [0.05, 0.1) is 24.7 Å². The fourth-order valence-electron chi connectivity index (χ4n) is 2.84. The molecule has 0 fully saturated rings. The third kappa shape index (κ3) is 3.27. The summed E-state index contributed by atoms with van der Waals surface area (Å²) in [6, 6.07) is 13.4. The molecule has 0 saturated carbocycles. The number of pyridine rings is 1. The Balaban J connectivity index is 1.54. The van der Waals surface area contributed by atoms with Gasteiger partial charge in [0, 0.05) is 12.4 Å². The molecule has 0 aliphatic heterocycles. The zero-order chi connectivity index (χ0) is 18.8. The molecular weight excluding hydrogens is 344 g/mol. The summed E-state index contributed by atoms with van der Waals surface area (Å²) in [6.45, 7) is 2.04. The largest absolute Gasteiger partial charge is 0.493 e. The van der Waals surface area contributed by atoms with E-state index < -0.39 is 5.97 Å². The van der Waals surface area contributed by atoms with Crippen LogP contribution in [-0.2, 0) is 11.3 Å². The van der Waals surface area contributed by atoms with Crippen LogP contribution in [0.25, 0.3) is 11.3 Å². The van der Waals surface area contributed by atoms with Gasteiger partial charge in [-0.1, -0.05) is 24.3 Å². The number of benzene rings is 1. The molecule has 0 N–H and O–H groups in total. The van der Waals surface area contributed by atoms with E-state index in [4.69, 9.17) is 9.47 Å². The maximum Gasteiger partial charge on any atom is 0.363 e. The minimum Gasteiger partial charge on any atom is -0.493 e. The Kier molecular flexibility index (Phi) is 4.33. The molecule has 136 valence electrons. The number of carbonyl (C=O) groups excluding carboxylic acids is 1. The summed E-state index contributed by atoms with van der Waals surface area (Å²) in [6.07, 6.45) is 5.40. The van der Waals surface area contributed by atoms with Crippen molar-refractivity contribution in [1.29, 1.82) is 0 Å². The molecular formula is C20H18N4O3. The quantitative estimate of drug-likeness (QED) is 0.510. The smallest absolute Gasteiger partial charge is 0.363 e. The van der Waals surface area contributed by atoms with E-state index in [1.807, 2.05) is 66.2 Å². The maximum atomic E-state index is 12.5. The second-order valence-electron chi connectivity index (χ2n) is 6.06. The fraction of sp³-hybridized carbons (Fsp3) is 0.150. The highest BCUT2D eigenvalue weighted by Crippen LogP contribution is 2.21. The minimum atomic E-state index is -0.560. The van der Waals surface area contributed by atoms with Crippen molar-refractivity contribution in [2.45, 2.75) is 13.5 Å². The van der Waals surface area contributed by atoms with Crippen LogP contribution >= 0.6 is 0 Å². The molecule has 0 unspecified atom stereocenters. The lowest BCUT2D eigenvalue weighted by molar-refractivity contribution is 0.0457. The van der Waals surface area contributed by atoms with E-state index in [2.05, 4.69) is 10.1 Å². The van der Waals surface area contributed by atoms with Gasteiger partial charge in [0.25, 0.3) is 0 Å². The first-order valence-electron chi connectivity index (χ1n) is 8.45. The molecule has 0 spiro atoms. The summed E-state index contributed by atoms with van der Waals surface area (Å²) in [5.74, 6) is -0.204. The molecule has 0 radical (unpaired) electrons. The number of methoxy groups -OCH3 is 1. The molecule has 4 rings (SSSR count). The molecule has 0 bridgehead atoms. The molecule has 4 aromatic rings. The number of aromatic nitrogens is 4. The van der Waals surface area contributed by atoms with Gasteiger partial charge in [-0.25, -0.2) is 14.5 Å². The Morgan fingerprint density at radius 1 is 1.11 bits per heavy atom. The van der Waals surface area contributed by atoms with Crippen LogP contribution in [0.1, 0.15) is 21.7 Å². The molecule has 3 heterocycles. The average Bonchev–Trinajstić information content (AvgIpc) is 3.32. The van der Waals surface area contributed by atoms with E-state index in [1.54, 1.807) is 10.9 Å². The van der Waals surface area contributed by atoms with Crippen LogP contribution in [0.3, 0.4) is 0 Å². The van der Waals surface area contributed by atoms with Crippen molar-refractivity contribution in [2.24, 2.45) is 0 Å². The number of hydrogen-bond donors (Lipinski definition) is 0. The lowest BCUT2D eigenvalue weighted by atomic mass is 10.3. The zero-order valence-electron chi connectivity index (χ0n) is 15.0. The molecule has 0 saturated heterocycles. The number of hydrogen-bond acceptors (Lipinski definition) is 5. The van der Waals surface area contributed by atoms with Crippen LogP contribution in [0.2, 0.25) is 0 Å². The number of nitrogens with zero attached hydrogens (tertiary/aromatic N) is 4. The predicted molar refractivity (Wildman–Crippen MR) is 99.2 cm³/mol. The summed E-state index contributed by atoms with van der Waals surface area (Å²) in [4.78, 5) is 17.0. The standard InChI is InChI=1S/C20H18N4O3/c1-14-7-6-10-23-11-15(21-19(14)23)13-27-20(25)18-17(26-2)12-24(22-18)16-8-4-3-5-9-16/h3-12H,13H2,1-2H3. The van der Waals surface area contributed by atoms with Crippen molar-refractivity contribution in [2.75, 3.05) is 7.11 Å². The number of esters is 1. The number of fused-ring (bicyclic) bond motifs is 1. The summed E-state index contributed by atoms with van der Waals surface area (Å²) in [7, 11) is 1.49. The van der Waals surface area contributed by atoms with E-state index in [0.717, 1.165) is 16.9 Å². The molecule has 0 amide bonds. The average molecular weight is 362 g/mol. The first-order valence-corrected chi connectivity index (χ1v) is 8.45. The molecule has 1 aromatic carbocycles. The highest BCUT2D eigenvalue weighted by atomic mass is 16.5. The van der Waals surface area contributed by atoms with E-state index in [-0.39, 0.29) is 12.3 Å². The minimum absolute atomic E-state index is 0.0568. The van der Waals surface area contributed by atoms with Gasteiger partial charge in [0.2, 0.25) is 5.69 Å². The van der Waals surface area contributed by atoms with E-state index in [1.165, 1.54) is 7.11 Å². The number of carbonyl (C=O) groups is 1. The van der Waals surface area contributed by atoms with Crippen molar-refractivity contribution >= 4 is 11.6 Å². The summed E-state index contributed by atoms with van der Waals surface area (Å²) in [5, 5.41) is 4.31. The topological polar surface area (TPSA) is 70.7 Å². The molecule has 7 heteroatoms. The Morgan fingerprint density at radius 2 is 1.93 bits per heavy atom. The van der Waals surface area contributed by atoms with Gasteiger partial charge < -0.3 is 13.9 Å². The monoisotopic (exact) mass is 362 g/mol. The normalized spacial score (nSPS) is 10.9. The molecule has 0 atom stereocenters. The van der Waals surface area contributed by atoms with Gasteiger partial charge >= 0.3 is 5.97 Å². The van der Waals surface area contributed by atoms with Gasteiger partial charge in [-0.3, -0.25) is 0 Å². The second kappa shape index (κ2) is 6.95. The third-order valence-electron chi connectivity index (χ3n) is 4.19. The van der Waals surface area contributed by atoms with Crippen LogP contribution in [0.5, 0.6) is 5.75 Å². The number of rotatable bonds is 5. The molecule has 3 aromatic heterocycles. The predicted octanol–water partition coefficient (Wildman–Crippen LogP) is 3.19. The van der Waals surface area contributed by atoms with Crippen molar-refractivity contribution in [3.63, 3.8) is 0 Å². The second-order valence-corrected chi connectivity index (χ2v) is 6.06. The van der Waals surface area contributed by atoms with Crippen LogP contribution < -0.4 is 4.74 Å². The third-order valence-corrected chi connectivity index (χ3v) is 4.19. The Hall–Kier alpha value is -3.61. The van der Waals surface area contributed by atoms with Crippen LogP contribution in [0.4, 0.5) is 0 Å². The van der Waals surface area contributed by atoms with Gasteiger partial charge in [-0.15, -0.1) is 0 Å². The van der Waals surface area contributed by atoms with Crippen LogP contribution in [0.15, 0.2) is 61.1 Å². The zero-order valence-corrected chi connectivity index (χ0v) is 15.0. The number of aryl methyl sites for hydroxylation is 1. The molecule has 7 nitrogen and oxygen atoms in total. The van der Waals surface area contributed by atoms with Crippen LogP contribution in [-0.4, -0.2) is 32.2 Å². The van der Waals surface area contributed by atoms with Gasteiger partial charge in [-0.05, 0) is 30.7 Å². The number of para-hydroxylation sites is 1. The first-order chi connectivity index (χ1) is 13.2. The maximum absolute atomic E-state index is 12.5. The number of ether oxygens (including phenoxy) is 2. The van der Waals surface area contributed by atoms with Gasteiger partial charge in [0.15, 0.2) is 5.75 Å². The van der Waals surface area contributed by atoms with Crippen LogP contribution in [0, 0.1) is 6.92 Å². The van der Waals surface area contributed by atoms with Crippen molar-refractivity contribution in [3.05, 3.63) is 78.0 Å². The number of imidazole rings is 1.